The third-order valence-corrected chi connectivity index (χ3v) is 2.00. The number of aromatic nitrogens is 3. The molecule has 0 aliphatic heterocycles. The lowest BCUT2D eigenvalue weighted by Gasteiger charge is -1.98. The van der Waals surface area contributed by atoms with Crippen molar-refractivity contribution < 1.29 is 9.31 Å². The van der Waals surface area contributed by atoms with Crippen LogP contribution in [-0.2, 0) is 6.67 Å². The number of nitro groups is 1. The Morgan fingerprint density at radius 1 is 1.38 bits per heavy atom. The number of halogens is 1. The van der Waals surface area contributed by atoms with Crippen LogP contribution < -0.4 is 0 Å². The van der Waals surface area contributed by atoms with Gasteiger partial charge in [-0.2, -0.15) is 0 Å². The molecule has 1 heterocycles. The number of benzene rings is 1. The molecule has 7 heteroatoms. The Labute approximate surface area is 89.5 Å². The summed E-state index contributed by atoms with van der Waals surface area (Å²) in [7, 11) is 0. The molecule has 0 fully saturated rings. The van der Waals surface area contributed by atoms with E-state index in [9.17, 15) is 14.5 Å². The van der Waals surface area contributed by atoms with Gasteiger partial charge in [-0.1, -0.05) is 5.21 Å². The molecule has 1 aromatic heterocycles. The topological polar surface area (TPSA) is 73.8 Å². The molecule has 2 rings (SSSR count). The zero-order valence-electron chi connectivity index (χ0n) is 8.08. The van der Waals surface area contributed by atoms with Gasteiger partial charge in [-0.3, -0.25) is 10.1 Å². The second kappa shape index (κ2) is 4.05. The monoisotopic (exact) mass is 222 g/mol. The molecule has 0 unspecified atom stereocenters. The molecular formula is C9H7FN4O2. The van der Waals surface area contributed by atoms with E-state index in [1.807, 2.05) is 0 Å². The van der Waals surface area contributed by atoms with Crippen LogP contribution >= 0.6 is 0 Å². The van der Waals surface area contributed by atoms with Gasteiger partial charge in [0, 0.05) is 12.1 Å². The molecule has 0 radical (unpaired) electrons. The van der Waals surface area contributed by atoms with Gasteiger partial charge in [-0.25, -0.2) is 9.07 Å². The maximum Gasteiger partial charge on any atom is 0.269 e. The van der Waals surface area contributed by atoms with Crippen molar-refractivity contribution in [1.82, 2.24) is 15.0 Å². The number of alkyl halides is 1. The van der Waals surface area contributed by atoms with Crippen molar-refractivity contribution in [3.8, 4) is 5.69 Å². The molecule has 1 aromatic carbocycles. The Morgan fingerprint density at radius 3 is 2.56 bits per heavy atom. The molecule has 0 aliphatic rings. The normalized spacial score (nSPS) is 10.3. The van der Waals surface area contributed by atoms with E-state index >= 15 is 0 Å². The second-order valence-electron chi connectivity index (χ2n) is 3.06. The molecule has 0 bridgehead atoms. The number of non-ortho nitro benzene ring substituents is 1. The highest BCUT2D eigenvalue weighted by molar-refractivity contribution is 5.40. The van der Waals surface area contributed by atoms with E-state index in [-0.39, 0.29) is 11.4 Å². The van der Waals surface area contributed by atoms with Crippen LogP contribution in [-0.4, -0.2) is 19.9 Å². The molecule has 0 atom stereocenters. The average molecular weight is 222 g/mol. The lowest BCUT2D eigenvalue weighted by Crippen LogP contribution is -1.95. The van der Waals surface area contributed by atoms with E-state index in [2.05, 4.69) is 10.3 Å². The smallest absolute Gasteiger partial charge is 0.258 e. The summed E-state index contributed by atoms with van der Waals surface area (Å²) in [5, 5.41) is 17.7. The molecule has 2 aromatic rings. The molecule has 16 heavy (non-hydrogen) atoms. The minimum atomic E-state index is -0.688. The Morgan fingerprint density at radius 2 is 2.06 bits per heavy atom. The van der Waals surface area contributed by atoms with E-state index in [1.54, 1.807) is 0 Å². The minimum absolute atomic E-state index is 0.00502. The quantitative estimate of drug-likeness (QED) is 0.584. The van der Waals surface area contributed by atoms with Gasteiger partial charge >= 0.3 is 0 Å². The lowest BCUT2D eigenvalue weighted by molar-refractivity contribution is -0.384. The maximum atomic E-state index is 12.2. The molecule has 82 valence electrons. The fourth-order valence-electron chi connectivity index (χ4n) is 1.21. The van der Waals surface area contributed by atoms with Gasteiger partial charge in [0.25, 0.3) is 5.69 Å². The highest BCUT2D eigenvalue weighted by Gasteiger charge is 2.06. The first kappa shape index (κ1) is 10.2. The standard InChI is InChI=1S/C9H7FN4O2/c10-5-7-6-13(12-11-7)8-1-3-9(4-2-8)14(15)16/h1-4,6H,5H2. The lowest BCUT2D eigenvalue weighted by atomic mass is 10.3. The fraction of sp³-hybridized carbons (Fsp3) is 0.111. The van der Waals surface area contributed by atoms with Crippen molar-refractivity contribution in [2.24, 2.45) is 0 Å². The summed E-state index contributed by atoms with van der Waals surface area (Å²) in [6.45, 7) is -0.688. The Kier molecular flexibility index (Phi) is 2.59. The molecule has 0 amide bonds. The van der Waals surface area contributed by atoms with Crippen LogP contribution in [0.3, 0.4) is 0 Å². The molecular weight excluding hydrogens is 215 g/mol. The van der Waals surface area contributed by atoms with Gasteiger partial charge in [0.05, 0.1) is 16.8 Å². The summed E-state index contributed by atoms with van der Waals surface area (Å²) in [6, 6.07) is 5.75. The van der Waals surface area contributed by atoms with E-state index in [0.717, 1.165) is 0 Å². The Balaban J connectivity index is 2.30. The Bertz CT molecular complexity index is 508. The van der Waals surface area contributed by atoms with Gasteiger partial charge in [0.2, 0.25) is 0 Å². The third kappa shape index (κ3) is 1.88. The largest absolute Gasteiger partial charge is 0.269 e. The average Bonchev–Trinajstić information content (AvgIpc) is 2.77. The first-order chi connectivity index (χ1) is 7.70. The number of hydrogen-bond donors (Lipinski definition) is 0. The van der Waals surface area contributed by atoms with Crippen LogP contribution in [0, 0.1) is 10.1 Å². The van der Waals surface area contributed by atoms with E-state index in [0.29, 0.717) is 5.69 Å². The summed E-state index contributed by atoms with van der Waals surface area (Å²) in [6.07, 6.45) is 1.43. The SMILES string of the molecule is O=[N+]([O-])c1ccc(-n2cc(CF)nn2)cc1. The van der Waals surface area contributed by atoms with Gasteiger partial charge < -0.3 is 0 Å². The number of rotatable bonds is 3. The molecule has 6 nitrogen and oxygen atoms in total. The van der Waals surface area contributed by atoms with E-state index in [1.165, 1.54) is 35.1 Å². The van der Waals surface area contributed by atoms with E-state index in [4.69, 9.17) is 0 Å². The zero-order valence-corrected chi connectivity index (χ0v) is 8.08. The van der Waals surface area contributed by atoms with Crippen molar-refractivity contribution in [1.29, 1.82) is 0 Å². The van der Waals surface area contributed by atoms with Crippen LogP contribution in [0.4, 0.5) is 10.1 Å². The maximum absolute atomic E-state index is 12.2. The van der Waals surface area contributed by atoms with Crippen LogP contribution in [0.15, 0.2) is 30.5 Å². The molecule has 0 aliphatic carbocycles. The van der Waals surface area contributed by atoms with Crippen molar-refractivity contribution >= 4 is 5.69 Å². The van der Waals surface area contributed by atoms with Gasteiger partial charge in [0.1, 0.15) is 12.4 Å². The van der Waals surface area contributed by atoms with E-state index < -0.39 is 11.6 Å². The van der Waals surface area contributed by atoms with Crippen molar-refractivity contribution in [2.45, 2.75) is 6.67 Å². The first-order valence-corrected chi connectivity index (χ1v) is 4.43. The van der Waals surface area contributed by atoms with Crippen LogP contribution in [0.25, 0.3) is 5.69 Å². The Hall–Kier alpha value is -2.31. The summed E-state index contributed by atoms with van der Waals surface area (Å²) in [4.78, 5) is 9.93. The number of hydrogen-bond acceptors (Lipinski definition) is 4. The molecule has 0 saturated heterocycles. The zero-order chi connectivity index (χ0) is 11.5. The molecule has 0 N–H and O–H groups in total. The highest BCUT2D eigenvalue weighted by Crippen LogP contribution is 2.14. The predicted molar refractivity (Wildman–Crippen MR) is 52.8 cm³/mol. The third-order valence-electron chi connectivity index (χ3n) is 2.00. The first-order valence-electron chi connectivity index (χ1n) is 4.43. The summed E-state index contributed by atoms with van der Waals surface area (Å²) < 4.78 is 13.6. The second-order valence-corrected chi connectivity index (χ2v) is 3.06. The van der Waals surface area contributed by atoms with Crippen LogP contribution in [0.1, 0.15) is 5.69 Å². The predicted octanol–water partition coefficient (Wildman–Crippen LogP) is 1.64. The fourth-order valence-corrected chi connectivity index (χ4v) is 1.21. The van der Waals surface area contributed by atoms with Crippen molar-refractivity contribution in [3.63, 3.8) is 0 Å². The molecule has 0 spiro atoms. The van der Waals surface area contributed by atoms with Crippen LogP contribution in [0.2, 0.25) is 0 Å². The van der Waals surface area contributed by atoms with Gasteiger partial charge in [-0.15, -0.1) is 5.10 Å². The summed E-state index contributed by atoms with van der Waals surface area (Å²) in [5.41, 5.74) is 0.811. The molecule has 0 saturated carbocycles. The number of nitro benzene ring substituents is 1. The van der Waals surface area contributed by atoms with Gasteiger partial charge in [-0.05, 0) is 12.1 Å². The van der Waals surface area contributed by atoms with Crippen molar-refractivity contribution in [3.05, 3.63) is 46.3 Å². The van der Waals surface area contributed by atoms with Gasteiger partial charge in [0.15, 0.2) is 0 Å². The number of nitrogens with zero attached hydrogens (tertiary/aromatic N) is 4. The summed E-state index contributed by atoms with van der Waals surface area (Å²) >= 11 is 0. The summed E-state index contributed by atoms with van der Waals surface area (Å²) in [5.74, 6) is 0. The van der Waals surface area contributed by atoms with Crippen LogP contribution in [0.5, 0.6) is 0 Å². The van der Waals surface area contributed by atoms with Crippen molar-refractivity contribution in [2.75, 3.05) is 0 Å². The minimum Gasteiger partial charge on any atom is -0.258 e. The highest BCUT2D eigenvalue weighted by atomic mass is 19.1.